The Morgan fingerprint density at radius 1 is 1.24 bits per heavy atom. The van der Waals surface area contributed by atoms with Crippen LogP contribution in [0.4, 0.5) is 0 Å². The van der Waals surface area contributed by atoms with Crippen molar-refractivity contribution in [2.24, 2.45) is 0 Å². The molecule has 1 N–H and O–H groups in total. The molecule has 94 valence electrons. The van der Waals surface area contributed by atoms with Gasteiger partial charge in [0.05, 0.1) is 5.69 Å². The van der Waals surface area contributed by atoms with Crippen molar-refractivity contribution in [3.8, 4) is 0 Å². The maximum atomic E-state index is 4.70. The Kier molecular flexibility index (Phi) is 4.92. The third-order valence-electron chi connectivity index (χ3n) is 3.51. The minimum absolute atomic E-state index is 0.596. The summed E-state index contributed by atoms with van der Waals surface area (Å²) >= 11 is 0. The fraction of sp³-hybridized carbons (Fsp3) is 0.714. The molecule has 1 saturated carbocycles. The Labute approximate surface area is 104 Å². The molecule has 1 heterocycles. The summed E-state index contributed by atoms with van der Waals surface area (Å²) in [6.45, 7) is 3.97. The van der Waals surface area contributed by atoms with E-state index in [9.17, 15) is 0 Å². The Morgan fingerprint density at radius 3 is 2.71 bits per heavy atom. The van der Waals surface area contributed by atoms with Crippen LogP contribution in [0.5, 0.6) is 0 Å². The summed E-state index contributed by atoms with van der Waals surface area (Å²) in [5.74, 6) is 1.67. The summed E-state index contributed by atoms with van der Waals surface area (Å²) < 4.78 is 0. The van der Waals surface area contributed by atoms with Gasteiger partial charge < -0.3 is 5.32 Å². The Bertz CT molecular complexity index is 330. The summed E-state index contributed by atoms with van der Waals surface area (Å²) in [4.78, 5) is 9.18. The molecule has 1 aromatic heterocycles. The largest absolute Gasteiger partial charge is 0.311 e. The molecule has 1 aromatic rings. The SMILES string of the molecule is CCNCc1ccnc(C2CCCCCC2)n1. The quantitative estimate of drug-likeness (QED) is 0.812. The van der Waals surface area contributed by atoms with Crippen LogP contribution in [0.25, 0.3) is 0 Å². The molecular formula is C14H23N3. The van der Waals surface area contributed by atoms with Crippen molar-refractivity contribution in [3.63, 3.8) is 0 Å². The van der Waals surface area contributed by atoms with Gasteiger partial charge in [0.2, 0.25) is 0 Å². The maximum absolute atomic E-state index is 4.70. The van der Waals surface area contributed by atoms with Gasteiger partial charge in [-0.05, 0) is 25.5 Å². The molecular weight excluding hydrogens is 210 g/mol. The fourth-order valence-corrected chi connectivity index (χ4v) is 2.50. The standard InChI is InChI=1S/C14H23N3/c1-2-15-11-13-9-10-16-14(17-13)12-7-5-3-4-6-8-12/h9-10,12,15H,2-8,11H2,1H3. The minimum atomic E-state index is 0.596. The highest BCUT2D eigenvalue weighted by molar-refractivity contribution is 5.06. The highest BCUT2D eigenvalue weighted by atomic mass is 14.9. The van der Waals surface area contributed by atoms with Crippen LogP contribution in [0.15, 0.2) is 12.3 Å². The van der Waals surface area contributed by atoms with Crippen molar-refractivity contribution in [2.45, 2.75) is 57.9 Å². The predicted octanol–water partition coefficient (Wildman–Crippen LogP) is 3.02. The summed E-state index contributed by atoms with van der Waals surface area (Å²) in [5, 5.41) is 3.32. The Hall–Kier alpha value is -0.960. The molecule has 1 fully saturated rings. The Balaban J connectivity index is 2.03. The molecule has 0 radical (unpaired) electrons. The van der Waals surface area contributed by atoms with E-state index in [1.165, 1.54) is 38.5 Å². The number of aromatic nitrogens is 2. The van der Waals surface area contributed by atoms with Gasteiger partial charge in [0.1, 0.15) is 5.82 Å². The summed E-state index contributed by atoms with van der Waals surface area (Å²) in [6.07, 6.45) is 9.90. The molecule has 1 aliphatic rings. The molecule has 0 saturated heterocycles. The molecule has 0 amide bonds. The first kappa shape index (κ1) is 12.5. The highest BCUT2D eigenvalue weighted by Crippen LogP contribution is 2.29. The molecule has 0 unspecified atom stereocenters. The molecule has 0 spiro atoms. The van der Waals surface area contributed by atoms with Gasteiger partial charge in [-0.25, -0.2) is 9.97 Å². The number of nitrogens with zero attached hydrogens (tertiary/aromatic N) is 2. The van der Waals surface area contributed by atoms with Crippen LogP contribution in [0.3, 0.4) is 0 Å². The van der Waals surface area contributed by atoms with E-state index in [2.05, 4.69) is 17.2 Å². The lowest BCUT2D eigenvalue weighted by Crippen LogP contribution is -2.14. The van der Waals surface area contributed by atoms with Crippen molar-refractivity contribution in [3.05, 3.63) is 23.8 Å². The topological polar surface area (TPSA) is 37.8 Å². The van der Waals surface area contributed by atoms with Gasteiger partial charge in [0.15, 0.2) is 0 Å². The predicted molar refractivity (Wildman–Crippen MR) is 69.9 cm³/mol. The molecule has 0 bridgehead atoms. The van der Waals surface area contributed by atoms with E-state index < -0.39 is 0 Å². The van der Waals surface area contributed by atoms with Gasteiger partial charge in [-0.15, -0.1) is 0 Å². The summed E-state index contributed by atoms with van der Waals surface area (Å²) in [7, 11) is 0. The number of nitrogens with one attached hydrogen (secondary N) is 1. The summed E-state index contributed by atoms with van der Waals surface area (Å²) in [6, 6.07) is 2.02. The second-order valence-electron chi connectivity index (χ2n) is 4.87. The third-order valence-corrected chi connectivity index (χ3v) is 3.51. The molecule has 1 aliphatic carbocycles. The van der Waals surface area contributed by atoms with Gasteiger partial charge in [-0.1, -0.05) is 32.6 Å². The van der Waals surface area contributed by atoms with Gasteiger partial charge >= 0.3 is 0 Å². The monoisotopic (exact) mass is 233 g/mol. The second-order valence-corrected chi connectivity index (χ2v) is 4.87. The summed E-state index contributed by atoms with van der Waals surface area (Å²) in [5.41, 5.74) is 1.13. The maximum Gasteiger partial charge on any atom is 0.131 e. The van der Waals surface area contributed by atoms with Crippen molar-refractivity contribution in [1.82, 2.24) is 15.3 Å². The normalized spacial score (nSPS) is 17.9. The lowest BCUT2D eigenvalue weighted by Gasteiger charge is -2.13. The Morgan fingerprint density at radius 2 is 2.00 bits per heavy atom. The molecule has 0 aromatic carbocycles. The second kappa shape index (κ2) is 6.70. The van der Waals surface area contributed by atoms with Crippen LogP contribution in [0.1, 0.15) is 62.9 Å². The minimum Gasteiger partial charge on any atom is -0.311 e. The van der Waals surface area contributed by atoms with Crippen molar-refractivity contribution in [2.75, 3.05) is 6.54 Å². The van der Waals surface area contributed by atoms with Crippen LogP contribution < -0.4 is 5.32 Å². The first-order valence-corrected chi connectivity index (χ1v) is 6.92. The van der Waals surface area contributed by atoms with Crippen molar-refractivity contribution >= 4 is 0 Å². The number of hydrogen-bond donors (Lipinski definition) is 1. The smallest absolute Gasteiger partial charge is 0.131 e. The highest BCUT2D eigenvalue weighted by Gasteiger charge is 2.16. The first-order valence-electron chi connectivity index (χ1n) is 6.92. The molecule has 3 nitrogen and oxygen atoms in total. The number of rotatable bonds is 4. The van der Waals surface area contributed by atoms with Crippen LogP contribution in [0.2, 0.25) is 0 Å². The van der Waals surface area contributed by atoms with Crippen LogP contribution in [-0.4, -0.2) is 16.5 Å². The van der Waals surface area contributed by atoms with Crippen LogP contribution in [-0.2, 0) is 6.54 Å². The molecule has 0 aliphatic heterocycles. The van der Waals surface area contributed by atoms with Gasteiger partial charge in [0.25, 0.3) is 0 Å². The van der Waals surface area contributed by atoms with E-state index in [4.69, 9.17) is 4.98 Å². The number of hydrogen-bond acceptors (Lipinski definition) is 3. The van der Waals surface area contributed by atoms with Crippen molar-refractivity contribution < 1.29 is 0 Å². The van der Waals surface area contributed by atoms with E-state index in [-0.39, 0.29) is 0 Å². The van der Waals surface area contributed by atoms with E-state index in [0.29, 0.717) is 5.92 Å². The average Bonchev–Trinajstić information content (AvgIpc) is 2.65. The zero-order valence-corrected chi connectivity index (χ0v) is 10.8. The van der Waals surface area contributed by atoms with E-state index >= 15 is 0 Å². The van der Waals surface area contributed by atoms with Gasteiger partial charge in [-0.2, -0.15) is 0 Å². The van der Waals surface area contributed by atoms with E-state index in [1.807, 2.05) is 12.3 Å². The third kappa shape index (κ3) is 3.77. The molecule has 17 heavy (non-hydrogen) atoms. The van der Waals surface area contributed by atoms with E-state index in [0.717, 1.165) is 24.6 Å². The van der Waals surface area contributed by atoms with Crippen molar-refractivity contribution in [1.29, 1.82) is 0 Å². The zero-order chi connectivity index (χ0) is 11.9. The van der Waals surface area contributed by atoms with E-state index in [1.54, 1.807) is 0 Å². The first-order chi connectivity index (χ1) is 8.40. The van der Waals surface area contributed by atoms with Gasteiger partial charge in [0, 0.05) is 18.7 Å². The zero-order valence-electron chi connectivity index (χ0n) is 10.8. The molecule has 2 rings (SSSR count). The fourth-order valence-electron chi connectivity index (χ4n) is 2.50. The lowest BCUT2D eigenvalue weighted by atomic mass is 9.99. The van der Waals surface area contributed by atoms with Gasteiger partial charge in [-0.3, -0.25) is 0 Å². The average molecular weight is 233 g/mol. The van der Waals surface area contributed by atoms with Crippen LogP contribution in [0, 0.1) is 0 Å². The molecule has 3 heteroatoms. The molecule has 0 atom stereocenters. The van der Waals surface area contributed by atoms with Crippen LogP contribution >= 0.6 is 0 Å². The lowest BCUT2D eigenvalue weighted by molar-refractivity contribution is 0.554.